The van der Waals surface area contributed by atoms with Crippen LogP contribution in [0.4, 0.5) is 18.9 Å². The summed E-state index contributed by atoms with van der Waals surface area (Å²) in [4.78, 5) is 0. The number of benzene rings is 1. The van der Waals surface area contributed by atoms with Crippen molar-refractivity contribution < 1.29 is 17.9 Å². The summed E-state index contributed by atoms with van der Waals surface area (Å²) in [6, 6.07) is 3.48. The number of hydrogen-bond acceptors (Lipinski definition) is 4. The van der Waals surface area contributed by atoms with E-state index < -0.39 is 6.36 Å². The Morgan fingerprint density at radius 1 is 1.33 bits per heavy atom. The highest BCUT2D eigenvalue weighted by Crippen LogP contribution is 2.25. The Hall–Kier alpha value is -1.92. The molecule has 0 aromatic heterocycles. The SMILES string of the molecule is NN=Cc1cc(OC(F)(F)F)ccc1N. The third-order valence-corrected chi connectivity index (χ3v) is 1.51. The van der Waals surface area contributed by atoms with Gasteiger partial charge in [0.1, 0.15) is 5.75 Å². The van der Waals surface area contributed by atoms with E-state index in [1.165, 1.54) is 6.07 Å². The van der Waals surface area contributed by atoms with Crippen molar-refractivity contribution in [1.29, 1.82) is 0 Å². The van der Waals surface area contributed by atoms with Gasteiger partial charge in [-0.15, -0.1) is 13.2 Å². The first-order valence-corrected chi connectivity index (χ1v) is 3.81. The molecule has 1 rings (SSSR count). The van der Waals surface area contributed by atoms with Gasteiger partial charge in [0.05, 0.1) is 6.21 Å². The molecular weight excluding hydrogens is 211 g/mol. The number of halogens is 3. The molecular formula is C8H8F3N3O. The highest BCUT2D eigenvalue weighted by atomic mass is 19.4. The highest BCUT2D eigenvalue weighted by molar-refractivity contribution is 5.87. The third kappa shape index (κ3) is 3.37. The van der Waals surface area contributed by atoms with Crippen molar-refractivity contribution >= 4 is 11.9 Å². The number of nitrogens with two attached hydrogens (primary N) is 2. The summed E-state index contributed by atoms with van der Waals surface area (Å²) in [5.74, 6) is 4.49. The maximum atomic E-state index is 11.8. The first-order valence-electron chi connectivity index (χ1n) is 3.81. The maximum Gasteiger partial charge on any atom is 0.573 e. The maximum absolute atomic E-state index is 11.8. The van der Waals surface area contributed by atoms with E-state index in [2.05, 4.69) is 9.84 Å². The number of alkyl halides is 3. The average Bonchev–Trinajstić information content (AvgIpc) is 2.09. The van der Waals surface area contributed by atoms with Gasteiger partial charge in [-0.2, -0.15) is 5.10 Å². The molecule has 0 unspecified atom stereocenters. The van der Waals surface area contributed by atoms with E-state index in [-0.39, 0.29) is 17.0 Å². The second-order valence-electron chi connectivity index (χ2n) is 2.62. The minimum absolute atomic E-state index is 0.263. The van der Waals surface area contributed by atoms with Gasteiger partial charge in [-0.1, -0.05) is 0 Å². The Morgan fingerprint density at radius 2 is 2.00 bits per heavy atom. The van der Waals surface area contributed by atoms with Crippen molar-refractivity contribution in [3.63, 3.8) is 0 Å². The lowest BCUT2D eigenvalue weighted by Gasteiger charge is -2.09. The average molecular weight is 219 g/mol. The summed E-state index contributed by atoms with van der Waals surface area (Å²) in [7, 11) is 0. The molecule has 0 bridgehead atoms. The molecule has 0 radical (unpaired) electrons. The van der Waals surface area contributed by atoms with Crippen LogP contribution in [-0.4, -0.2) is 12.6 Å². The molecule has 0 saturated heterocycles. The van der Waals surface area contributed by atoms with Gasteiger partial charge >= 0.3 is 6.36 Å². The molecule has 0 atom stereocenters. The van der Waals surface area contributed by atoms with E-state index in [4.69, 9.17) is 11.6 Å². The van der Waals surface area contributed by atoms with Crippen LogP contribution < -0.4 is 16.3 Å². The summed E-state index contributed by atoms with van der Waals surface area (Å²) in [6.07, 6.45) is -3.59. The van der Waals surface area contributed by atoms with Crippen LogP contribution in [0.1, 0.15) is 5.56 Å². The molecule has 0 fully saturated rings. The number of ether oxygens (including phenoxy) is 1. The second-order valence-corrected chi connectivity index (χ2v) is 2.62. The topological polar surface area (TPSA) is 73.6 Å². The summed E-state index contributed by atoms with van der Waals surface area (Å²) in [6.45, 7) is 0. The minimum Gasteiger partial charge on any atom is -0.406 e. The predicted molar refractivity (Wildman–Crippen MR) is 49.3 cm³/mol. The summed E-state index contributed by atoms with van der Waals surface area (Å²) >= 11 is 0. The quantitative estimate of drug-likeness (QED) is 0.342. The van der Waals surface area contributed by atoms with Crippen LogP contribution in [-0.2, 0) is 0 Å². The zero-order valence-electron chi connectivity index (χ0n) is 7.45. The van der Waals surface area contributed by atoms with Crippen LogP contribution in [0.5, 0.6) is 5.75 Å². The van der Waals surface area contributed by atoms with Gasteiger partial charge in [0.15, 0.2) is 0 Å². The van der Waals surface area contributed by atoms with Crippen molar-refractivity contribution in [3.8, 4) is 5.75 Å². The summed E-state index contributed by atoms with van der Waals surface area (Å²) in [5.41, 5.74) is 5.98. The molecule has 1 aromatic rings. The molecule has 0 aliphatic heterocycles. The molecule has 4 N–H and O–H groups in total. The summed E-state index contributed by atoms with van der Waals surface area (Å²) < 4.78 is 39.2. The molecule has 15 heavy (non-hydrogen) atoms. The smallest absolute Gasteiger partial charge is 0.406 e. The van der Waals surface area contributed by atoms with Crippen molar-refractivity contribution in [3.05, 3.63) is 23.8 Å². The fourth-order valence-electron chi connectivity index (χ4n) is 0.942. The van der Waals surface area contributed by atoms with Crippen molar-refractivity contribution in [2.24, 2.45) is 10.9 Å². The van der Waals surface area contributed by atoms with Crippen molar-refractivity contribution in [2.75, 3.05) is 5.73 Å². The standard InChI is InChI=1S/C8H8F3N3O/c9-8(10,11)15-6-1-2-7(12)5(3-6)4-14-13/h1-4H,12-13H2. The van der Waals surface area contributed by atoms with E-state index in [0.717, 1.165) is 18.3 Å². The Bertz CT molecular complexity index is 376. The normalized spacial score (nSPS) is 11.9. The van der Waals surface area contributed by atoms with Crippen LogP contribution >= 0.6 is 0 Å². The molecule has 0 aliphatic carbocycles. The molecule has 1 aromatic carbocycles. The van der Waals surface area contributed by atoms with Gasteiger partial charge in [0, 0.05) is 11.3 Å². The van der Waals surface area contributed by atoms with Crippen LogP contribution in [0.15, 0.2) is 23.3 Å². The van der Waals surface area contributed by atoms with Crippen molar-refractivity contribution in [1.82, 2.24) is 0 Å². The number of hydrazone groups is 1. The fourth-order valence-corrected chi connectivity index (χ4v) is 0.942. The predicted octanol–water partition coefficient (Wildman–Crippen LogP) is 1.46. The fraction of sp³-hybridized carbons (Fsp3) is 0.125. The number of anilines is 1. The molecule has 0 amide bonds. The van der Waals surface area contributed by atoms with Gasteiger partial charge in [0.2, 0.25) is 0 Å². The largest absolute Gasteiger partial charge is 0.573 e. The molecule has 0 heterocycles. The van der Waals surface area contributed by atoms with Gasteiger partial charge < -0.3 is 16.3 Å². The molecule has 0 saturated carbocycles. The molecule has 82 valence electrons. The first-order chi connectivity index (χ1) is 6.92. The molecule has 7 heteroatoms. The van der Waals surface area contributed by atoms with Gasteiger partial charge in [-0.05, 0) is 18.2 Å². The van der Waals surface area contributed by atoms with E-state index in [0.29, 0.717) is 0 Å². The lowest BCUT2D eigenvalue weighted by Crippen LogP contribution is -2.17. The third-order valence-electron chi connectivity index (χ3n) is 1.51. The van der Waals surface area contributed by atoms with E-state index in [1.807, 2.05) is 0 Å². The summed E-state index contributed by atoms with van der Waals surface area (Å²) in [5, 5.41) is 3.16. The van der Waals surface area contributed by atoms with E-state index >= 15 is 0 Å². The zero-order chi connectivity index (χ0) is 11.5. The highest BCUT2D eigenvalue weighted by Gasteiger charge is 2.31. The number of nitrogens with zero attached hydrogens (tertiary/aromatic N) is 1. The van der Waals surface area contributed by atoms with Gasteiger partial charge in [-0.25, -0.2) is 0 Å². The van der Waals surface area contributed by atoms with Crippen LogP contribution in [0.3, 0.4) is 0 Å². The van der Waals surface area contributed by atoms with Gasteiger partial charge in [0.25, 0.3) is 0 Å². The van der Waals surface area contributed by atoms with Gasteiger partial charge in [-0.3, -0.25) is 0 Å². The van der Waals surface area contributed by atoms with Crippen LogP contribution in [0.25, 0.3) is 0 Å². The minimum atomic E-state index is -4.73. The van der Waals surface area contributed by atoms with Crippen LogP contribution in [0.2, 0.25) is 0 Å². The van der Waals surface area contributed by atoms with Crippen LogP contribution in [0, 0.1) is 0 Å². The Morgan fingerprint density at radius 3 is 2.53 bits per heavy atom. The molecule has 0 aliphatic rings. The molecule has 4 nitrogen and oxygen atoms in total. The monoisotopic (exact) mass is 219 g/mol. The lowest BCUT2D eigenvalue weighted by molar-refractivity contribution is -0.274. The molecule has 0 spiro atoms. The lowest BCUT2D eigenvalue weighted by atomic mass is 10.2. The number of hydrogen-bond donors (Lipinski definition) is 2. The Kier molecular flexibility index (Phi) is 3.03. The van der Waals surface area contributed by atoms with E-state index in [1.54, 1.807) is 0 Å². The number of rotatable bonds is 2. The zero-order valence-corrected chi connectivity index (χ0v) is 7.45. The second kappa shape index (κ2) is 4.07. The Balaban J connectivity index is 2.97. The first kappa shape index (κ1) is 11.2. The Labute approximate surface area is 83.3 Å². The number of nitrogen functional groups attached to an aromatic ring is 1. The van der Waals surface area contributed by atoms with E-state index in [9.17, 15) is 13.2 Å². The van der Waals surface area contributed by atoms with Crippen molar-refractivity contribution in [2.45, 2.75) is 6.36 Å².